The Kier molecular flexibility index (Phi) is 7.24. The van der Waals surface area contributed by atoms with E-state index in [0.29, 0.717) is 11.0 Å². The van der Waals surface area contributed by atoms with E-state index in [2.05, 4.69) is 53.4 Å². The van der Waals surface area contributed by atoms with Crippen molar-refractivity contribution < 1.29 is 9.90 Å². The second kappa shape index (κ2) is 9.29. The molecule has 1 atom stereocenters. The number of nitrogens with zero attached hydrogens (tertiary/aromatic N) is 2. The SMILES string of the molecule is CCC1=NC2(CCC(C(C)(C)C)CC2)N(C(CCC(C)(C)C)c2ccc(C(=O)O)cc2)C1. The number of hydrogen-bond donors (Lipinski definition) is 1. The van der Waals surface area contributed by atoms with Crippen LogP contribution in [0.1, 0.15) is 115 Å². The quantitative estimate of drug-likeness (QED) is 0.503. The normalized spacial score (nSPS) is 25.7. The topological polar surface area (TPSA) is 52.9 Å². The fraction of sp³-hybridized carbons (Fsp3) is 0.714. The van der Waals surface area contributed by atoms with E-state index in [-0.39, 0.29) is 17.1 Å². The van der Waals surface area contributed by atoms with Crippen molar-refractivity contribution in [1.29, 1.82) is 0 Å². The summed E-state index contributed by atoms with van der Waals surface area (Å²) in [6, 6.07) is 7.87. The monoisotopic (exact) mass is 440 g/mol. The molecule has 1 heterocycles. The summed E-state index contributed by atoms with van der Waals surface area (Å²) in [5.41, 5.74) is 3.41. The van der Waals surface area contributed by atoms with Crippen LogP contribution in [0.25, 0.3) is 0 Å². The van der Waals surface area contributed by atoms with Gasteiger partial charge in [0.05, 0.1) is 5.56 Å². The van der Waals surface area contributed by atoms with Crippen LogP contribution in [-0.2, 0) is 0 Å². The molecule has 1 N–H and O–H groups in total. The molecule has 0 aromatic heterocycles. The van der Waals surface area contributed by atoms with Gasteiger partial charge in [-0.3, -0.25) is 9.89 Å². The summed E-state index contributed by atoms with van der Waals surface area (Å²) in [6.07, 6.45) is 7.89. The Bertz CT molecular complexity index is 818. The molecule has 0 radical (unpaired) electrons. The summed E-state index contributed by atoms with van der Waals surface area (Å²) in [5, 5.41) is 9.36. The van der Waals surface area contributed by atoms with Gasteiger partial charge in [0.25, 0.3) is 0 Å². The summed E-state index contributed by atoms with van der Waals surface area (Å²) in [5.74, 6) is -0.115. The third kappa shape index (κ3) is 5.62. The van der Waals surface area contributed by atoms with Gasteiger partial charge in [-0.15, -0.1) is 0 Å². The van der Waals surface area contributed by atoms with Crippen molar-refractivity contribution in [2.24, 2.45) is 21.7 Å². The molecular weight excluding hydrogens is 396 g/mol. The molecular formula is C28H44N2O2. The molecule has 1 aromatic rings. The van der Waals surface area contributed by atoms with Crippen molar-refractivity contribution in [3.05, 3.63) is 35.4 Å². The largest absolute Gasteiger partial charge is 0.478 e. The van der Waals surface area contributed by atoms with E-state index in [9.17, 15) is 9.90 Å². The highest BCUT2D eigenvalue weighted by Crippen LogP contribution is 2.49. The Morgan fingerprint density at radius 2 is 1.72 bits per heavy atom. The molecule has 1 fully saturated rings. The third-order valence-electron chi connectivity index (χ3n) is 7.76. The Morgan fingerprint density at radius 3 is 2.19 bits per heavy atom. The molecule has 178 valence electrons. The van der Waals surface area contributed by atoms with E-state index in [4.69, 9.17) is 4.99 Å². The fourth-order valence-corrected chi connectivity index (χ4v) is 5.59. The maximum Gasteiger partial charge on any atom is 0.335 e. The van der Waals surface area contributed by atoms with Gasteiger partial charge in [0.15, 0.2) is 0 Å². The van der Waals surface area contributed by atoms with Crippen LogP contribution in [-0.4, -0.2) is 33.9 Å². The van der Waals surface area contributed by atoms with Gasteiger partial charge in [-0.05, 0) is 79.4 Å². The first-order valence-electron chi connectivity index (χ1n) is 12.5. The first-order chi connectivity index (χ1) is 14.8. The minimum Gasteiger partial charge on any atom is -0.478 e. The predicted octanol–water partition coefficient (Wildman–Crippen LogP) is 7.35. The molecule has 1 unspecified atom stereocenters. The molecule has 2 aliphatic rings. The standard InChI is InChI=1S/C28H44N2O2/c1-8-23-19-30(28(29-23)17-13-22(14-18-28)27(5,6)7)24(15-16-26(2,3)4)20-9-11-21(12-10-20)25(31)32/h9-12,22,24H,8,13-19H2,1-7H3,(H,31,32). The molecule has 4 nitrogen and oxygen atoms in total. The van der Waals surface area contributed by atoms with Gasteiger partial charge in [-0.2, -0.15) is 0 Å². The number of carbonyl (C=O) groups is 1. The second-order valence-corrected chi connectivity index (χ2v) is 12.3. The fourth-order valence-electron chi connectivity index (χ4n) is 5.59. The van der Waals surface area contributed by atoms with E-state index < -0.39 is 5.97 Å². The summed E-state index contributed by atoms with van der Waals surface area (Å²) in [4.78, 5) is 19.5. The Labute approximate surface area is 195 Å². The Balaban J connectivity index is 1.93. The smallest absolute Gasteiger partial charge is 0.335 e. The summed E-state index contributed by atoms with van der Waals surface area (Å²) in [7, 11) is 0. The molecule has 1 aliphatic carbocycles. The number of carboxylic acids is 1. The zero-order valence-electron chi connectivity index (χ0n) is 21.4. The highest BCUT2D eigenvalue weighted by atomic mass is 16.4. The van der Waals surface area contributed by atoms with Crippen LogP contribution in [0.3, 0.4) is 0 Å². The van der Waals surface area contributed by atoms with Gasteiger partial charge < -0.3 is 5.11 Å². The summed E-state index contributed by atoms with van der Waals surface area (Å²) < 4.78 is 0. The van der Waals surface area contributed by atoms with Crippen LogP contribution in [0.5, 0.6) is 0 Å². The van der Waals surface area contributed by atoms with E-state index in [0.717, 1.165) is 44.6 Å². The van der Waals surface area contributed by atoms with Crippen LogP contribution in [0, 0.1) is 16.7 Å². The average Bonchev–Trinajstić information content (AvgIpc) is 3.05. The van der Waals surface area contributed by atoms with Gasteiger partial charge in [0.1, 0.15) is 5.66 Å². The van der Waals surface area contributed by atoms with E-state index in [1.807, 2.05) is 12.1 Å². The van der Waals surface area contributed by atoms with Gasteiger partial charge in [-0.1, -0.05) is 60.6 Å². The van der Waals surface area contributed by atoms with E-state index >= 15 is 0 Å². The lowest BCUT2D eigenvalue weighted by atomic mass is 9.69. The minimum atomic E-state index is -0.863. The number of benzene rings is 1. The van der Waals surface area contributed by atoms with Gasteiger partial charge in [0, 0.05) is 18.3 Å². The molecule has 4 heteroatoms. The summed E-state index contributed by atoms with van der Waals surface area (Å²) in [6.45, 7) is 17.2. The van der Waals surface area contributed by atoms with Crippen molar-refractivity contribution in [2.45, 2.75) is 105 Å². The van der Waals surface area contributed by atoms with Crippen LogP contribution in [0.4, 0.5) is 0 Å². The van der Waals surface area contributed by atoms with Gasteiger partial charge in [0.2, 0.25) is 0 Å². The van der Waals surface area contributed by atoms with Crippen LogP contribution in [0.15, 0.2) is 29.3 Å². The number of aromatic carboxylic acids is 1. The molecule has 0 saturated heterocycles. The van der Waals surface area contributed by atoms with Gasteiger partial charge in [-0.25, -0.2) is 4.79 Å². The Hall–Kier alpha value is -1.68. The van der Waals surface area contributed by atoms with Crippen LogP contribution >= 0.6 is 0 Å². The third-order valence-corrected chi connectivity index (χ3v) is 7.76. The molecule has 32 heavy (non-hydrogen) atoms. The van der Waals surface area contributed by atoms with Crippen LogP contribution < -0.4 is 0 Å². The molecule has 1 spiro atoms. The second-order valence-electron chi connectivity index (χ2n) is 12.3. The first kappa shape index (κ1) is 25.0. The van der Waals surface area contributed by atoms with E-state index in [1.54, 1.807) is 12.1 Å². The molecule has 1 aromatic carbocycles. The van der Waals surface area contributed by atoms with Crippen molar-refractivity contribution in [3.8, 4) is 0 Å². The highest BCUT2D eigenvalue weighted by Gasteiger charge is 2.48. The Morgan fingerprint density at radius 1 is 1.12 bits per heavy atom. The number of carboxylic acid groups (broad SMARTS) is 1. The molecule has 1 saturated carbocycles. The maximum atomic E-state index is 11.4. The summed E-state index contributed by atoms with van der Waals surface area (Å²) >= 11 is 0. The molecule has 1 aliphatic heterocycles. The lowest BCUT2D eigenvalue weighted by Gasteiger charge is -2.48. The maximum absolute atomic E-state index is 11.4. The molecule has 3 rings (SSSR count). The van der Waals surface area contributed by atoms with Crippen LogP contribution in [0.2, 0.25) is 0 Å². The average molecular weight is 441 g/mol. The molecule has 0 bridgehead atoms. The number of hydrogen-bond acceptors (Lipinski definition) is 3. The number of aliphatic imine (C=N–C) groups is 1. The highest BCUT2D eigenvalue weighted by molar-refractivity contribution is 5.88. The zero-order chi connectivity index (χ0) is 23.7. The predicted molar refractivity (Wildman–Crippen MR) is 133 cm³/mol. The number of rotatable bonds is 6. The van der Waals surface area contributed by atoms with Crippen molar-refractivity contribution >= 4 is 11.7 Å². The minimum absolute atomic E-state index is 0.0961. The van der Waals surface area contributed by atoms with Crippen molar-refractivity contribution in [3.63, 3.8) is 0 Å². The van der Waals surface area contributed by atoms with E-state index in [1.165, 1.54) is 24.1 Å². The van der Waals surface area contributed by atoms with Crippen molar-refractivity contribution in [2.75, 3.05) is 6.54 Å². The van der Waals surface area contributed by atoms with Gasteiger partial charge >= 0.3 is 5.97 Å². The van der Waals surface area contributed by atoms with Crippen molar-refractivity contribution in [1.82, 2.24) is 4.90 Å². The zero-order valence-corrected chi connectivity index (χ0v) is 21.4. The lowest BCUT2D eigenvalue weighted by molar-refractivity contribution is 0.00899. The first-order valence-corrected chi connectivity index (χ1v) is 12.5. The molecule has 0 amide bonds. The lowest BCUT2D eigenvalue weighted by Crippen LogP contribution is -2.49.